The molecule has 30 heavy (non-hydrogen) atoms. The van der Waals surface area contributed by atoms with Gasteiger partial charge in [-0.05, 0) is 0 Å². The topological polar surface area (TPSA) is 90.4 Å². The summed E-state index contributed by atoms with van der Waals surface area (Å²) in [5.74, 6) is -1.22. The third-order valence-electron chi connectivity index (χ3n) is 7.05. The van der Waals surface area contributed by atoms with Crippen LogP contribution in [0.5, 0.6) is 0 Å². The molecule has 5 nitrogen and oxygen atoms in total. The average Bonchev–Trinajstić information content (AvgIpc) is 3.40. The molecule has 4 aliphatic rings. The van der Waals surface area contributed by atoms with Crippen LogP contribution in [-0.4, -0.2) is 47.2 Å². The van der Waals surface area contributed by atoms with Crippen molar-refractivity contribution < 1.29 is 62.2 Å². The first-order chi connectivity index (χ1) is 13.7. The Bertz CT molecular complexity index is 715. The number of hydrogen-bond acceptors (Lipinski definition) is 5. The molecule has 2 aliphatic heterocycles. The van der Waals surface area contributed by atoms with Crippen LogP contribution in [0.3, 0.4) is 0 Å². The fourth-order valence-corrected chi connectivity index (χ4v) is 15.2. The quantitative estimate of drug-likeness (QED) is 0.0688. The van der Waals surface area contributed by atoms with Gasteiger partial charge in [0, 0.05) is 0 Å². The average molecular weight is 671 g/mol. The van der Waals surface area contributed by atoms with Gasteiger partial charge in [-0.3, -0.25) is 0 Å². The molecule has 3 N–H and O–H groups in total. The Morgan fingerprint density at radius 3 is 2.13 bits per heavy atom. The Kier molecular flexibility index (Phi) is 5.64. The molecule has 2 bridgehead atoms. The van der Waals surface area contributed by atoms with Crippen molar-refractivity contribution >= 4 is 26.3 Å². The molecule has 0 aromatic rings. The standard InChI is InChI=1S/C17H23F6I2N2O3/c1-13(24-2,17-25(26-17)27-17)12(28)30-11(7-10-6-8-3-4-9(10)5-8)14(29,15(18,19)20)16(21,22)23/h8-11,26-27,29H,3-7H2,1-2H3/q-1. The summed E-state index contributed by atoms with van der Waals surface area (Å²) in [7, 11) is 0. The predicted molar refractivity (Wildman–Crippen MR) is 97.8 cm³/mol. The summed E-state index contributed by atoms with van der Waals surface area (Å²) in [4.78, 5) is 14.7. The first kappa shape index (κ1) is 23.5. The predicted octanol–water partition coefficient (Wildman–Crippen LogP) is 0.254. The van der Waals surface area contributed by atoms with Crippen LogP contribution in [0.25, 0.3) is 0 Å². The monoisotopic (exact) mass is 671 g/mol. The normalized spacial score (nSPS) is 33.8. The molecule has 0 radical (unpaired) electrons. The number of halogens is 8. The number of nitrogens with one attached hydrogen (secondary N) is 2. The van der Waals surface area contributed by atoms with E-state index in [0.29, 0.717) is 6.42 Å². The van der Waals surface area contributed by atoms with E-state index in [1.807, 2.05) is 0 Å². The Labute approximate surface area is 187 Å². The minimum atomic E-state index is -6.03. The zero-order valence-corrected chi connectivity index (χ0v) is 20.4. The Morgan fingerprint density at radius 1 is 1.20 bits per heavy atom. The Hall–Kier alpha value is 0.390. The van der Waals surface area contributed by atoms with Crippen LogP contribution in [0.2, 0.25) is 0 Å². The van der Waals surface area contributed by atoms with Crippen molar-refractivity contribution in [2.24, 2.45) is 17.8 Å². The summed E-state index contributed by atoms with van der Waals surface area (Å²) in [5, 5.41) is 10.1. The first-order valence-corrected chi connectivity index (χ1v) is 16.0. The zero-order chi connectivity index (χ0) is 22.3. The van der Waals surface area contributed by atoms with Crippen molar-refractivity contribution in [3.05, 3.63) is 0 Å². The summed E-state index contributed by atoms with van der Waals surface area (Å²) in [5.41, 5.74) is -5.10. The second kappa shape index (κ2) is 7.19. The number of carbonyl (C=O) groups is 1. The van der Waals surface area contributed by atoms with Crippen LogP contribution in [0.15, 0.2) is 0 Å². The molecule has 0 aromatic carbocycles. The van der Waals surface area contributed by atoms with Gasteiger partial charge in [0.2, 0.25) is 0 Å². The van der Waals surface area contributed by atoms with Crippen LogP contribution in [-0.2, 0) is 9.53 Å². The van der Waals surface area contributed by atoms with Crippen LogP contribution >= 0.6 is 20.4 Å². The summed E-state index contributed by atoms with van der Waals surface area (Å²) < 4.78 is 91.2. The van der Waals surface area contributed by atoms with Crippen molar-refractivity contribution in [3.8, 4) is 0 Å². The van der Waals surface area contributed by atoms with Gasteiger partial charge in [-0.2, -0.15) is 0 Å². The van der Waals surface area contributed by atoms with Gasteiger partial charge >= 0.3 is 188 Å². The number of esters is 1. The number of rotatable bonds is 7. The second-order valence-corrected chi connectivity index (χ2v) is 16.2. The molecule has 4 fully saturated rings. The summed E-state index contributed by atoms with van der Waals surface area (Å²) >= 11 is -2.63. The Morgan fingerprint density at radius 2 is 1.77 bits per heavy atom. The van der Waals surface area contributed by atoms with Crippen LogP contribution in [0, 0.1) is 17.8 Å². The van der Waals surface area contributed by atoms with Crippen molar-refractivity contribution in [2.45, 2.75) is 70.2 Å². The molecule has 176 valence electrons. The van der Waals surface area contributed by atoms with Crippen molar-refractivity contribution in [3.63, 3.8) is 0 Å². The SMILES string of the molecule is C[I-]C(C)(C(=O)OC(CC1CC2CCC1C2)C(O)(C(F)(F)F)C(F)(F)F)C12NI1N2. The third kappa shape index (κ3) is 3.38. The van der Waals surface area contributed by atoms with E-state index in [4.69, 9.17) is 4.74 Å². The second-order valence-electron chi connectivity index (χ2n) is 8.65. The molecule has 2 saturated heterocycles. The van der Waals surface area contributed by atoms with E-state index < -0.39 is 91.0 Å². The summed E-state index contributed by atoms with van der Waals surface area (Å²) in [6.07, 6.45) is -12.5. The molecule has 5 unspecified atom stereocenters. The van der Waals surface area contributed by atoms with Crippen molar-refractivity contribution in [1.82, 2.24) is 7.06 Å². The summed E-state index contributed by atoms with van der Waals surface area (Å²) in [6, 6.07) is 0. The van der Waals surface area contributed by atoms with E-state index in [2.05, 4.69) is 7.06 Å². The fraction of sp³-hybridized carbons (Fsp3) is 0.941. The molecule has 0 amide bonds. The van der Waals surface area contributed by atoms with Gasteiger partial charge in [0.1, 0.15) is 0 Å². The molecule has 2 saturated carbocycles. The first-order valence-electron chi connectivity index (χ1n) is 9.52. The third-order valence-corrected chi connectivity index (χ3v) is 16.3. The van der Waals surface area contributed by atoms with Crippen LogP contribution in [0.4, 0.5) is 26.3 Å². The number of aliphatic hydroxyl groups is 1. The zero-order valence-electron chi connectivity index (χ0n) is 16.1. The van der Waals surface area contributed by atoms with Crippen LogP contribution < -0.4 is 28.3 Å². The van der Waals surface area contributed by atoms with E-state index in [0.717, 1.165) is 19.3 Å². The van der Waals surface area contributed by atoms with Gasteiger partial charge in [0.25, 0.3) is 0 Å². The maximum absolute atomic E-state index is 13.6. The maximum atomic E-state index is 13.6. The minimum absolute atomic E-state index is 0.0124. The number of carbonyl (C=O) groups excluding carboxylic acids is 1. The number of hydrogen-bond donors (Lipinski definition) is 3. The van der Waals surface area contributed by atoms with Gasteiger partial charge in [-0.15, -0.1) is 0 Å². The van der Waals surface area contributed by atoms with E-state index >= 15 is 0 Å². The van der Waals surface area contributed by atoms with Gasteiger partial charge in [0.15, 0.2) is 0 Å². The molecule has 0 spiro atoms. The van der Waals surface area contributed by atoms with Gasteiger partial charge in [0.05, 0.1) is 0 Å². The van der Waals surface area contributed by atoms with E-state index in [-0.39, 0.29) is 11.8 Å². The van der Waals surface area contributed by atoms with E-state index in [1.54, 1.807) is 4.93 Å². The molecule has 2 aliphatic carbocycles. The van der Waals surface area contributed by atoms with Gasteiger partial charge in [-0.1, -0.05) is 0 Å². The molecule has 13 heteroatoms. The Balaban J connectivity index is 1.64. The van der Waals surface area contributed by atoms with Crippen molar-refractivity contribution in [1.29, 1.82) is 0 Å². The van der Waals surface area contributed by atoms with Gasteiger partial charge < -0.3 is 0 Å². The number of alkyl halides is 9. The number of fused-ring (bicyclic) bond motifs is 3. The number of ether oxygens (including phenoxy) is 1. The van der Waals surface area contributed by atoms with Crippen molar-refractivity contribution in [2.75, 3.05) is 4.93 Å². The van der Waals surface area contributed by atoms with Crippen LogP contribution in [0.1, 0.15) is 39.0 Å². The fourth-order valence-electron chi connectivity index (χ4n) is 4.94. The van der Waals surface area contributed by atoms with E-state index in [9.17, 15) is 36.2 Å². The molecule has 2 heterocycles. The molecule has 5 atom stereocenters. The molecular weight excluding hydrogens is 648 g/mol. The van der Waals surface area contributed by atoms with Gasteiger partial charge in [-0.25, -0.2) is 0 Å². The van der Waals surface area contributed by atoms with E-state index in [1.165, 1.54) is 6.92 Å². The summed E-state index contributed by atoms with van der Waals surface area (Å²) in [6.45, 7) is 1.53. The molecule has 0 aromatic heterocycles. The molecule has 4 rings (SSSR count). The molecular formula is C17H23F6I2N2O3-.